The van der Waals surface area contributed by atoms with Gasteiger partial charge in [0.1, 0.15) is 6.17 Å². The highest BCUT2D eigenvalue weighted by molar-refractivity contribution is 7.17. The zero-order valence-electron chi connectivity index (χ0n) is 7.74. The molecule has 2 aromatic rings. The van der Waals surface area contributed by atoms with Crippen LogP contribution in [0.15, 0.2) is 29.6 Å². The van der Waals surface area contributed by atoms with Crippen LogP contribution in [0.4, 0.5) is 4.39 Å². The molecule has 1 nitrogen and oxygen atoms in total. The van der Waals surface area contributed by atoms with E-state index < -0.39 is 6.17 Å². The Morgan fingerprint density at radius 1 is 1.36 bits per heavy atom. The van der Waals surface area contributed by atoms with E-state index in [1.54, 1.807) is 11.3 Å². The molecule has 0 aliphatic carbocycles. The highest BCUT2D eigenvalue weighted by Gasteiger charge is 2.09. The molecule has 0 saturated heterocycles. The van der Waals surface area contributed by atoms with Gasteiger partial charge in [-0.25, -0.2) is 4.39 Å². The Morgan fingerprint density at radius 2 is 2.14 bits per heavy atom. The van der Waals surface area contributed by atoms with Crippen molar-refractivity contribution in [1.29, 1.82) is 0 Å². The summed E-state index contributed by atoms with van der Waals surface area (Å²) in [5.41, 5.74) is 6.33. The smallest absolute Gasteiger partial charge is 0.116 e. The van der Waals surface area contributed by atoms with Crippen LogP contribution in [-0.4, -0.2) is 12.7 Å². The molecule has 2 N–H and O–H groups in total. The van der Waals surface area contributed by atoms with Crippen molar-refractivity contribution in [3.8, 4) is 0 Å². The van der Waals surface area contributed by atoms with Crippen LogP contribution >= 0.6 is 11.3 Å². The molecule has 0 aliphatic rings. The van der Waals surface area contributed by atoms with E-state index in [2.05, 4.69) is 6.07 Å². The maximum absolute atomic E-state index is 13.1. The van der Waals surface area contributed by atoms with Gasteiger partial charge in [0.15, 0.2) is 0 Å². The van der Waals surface area contributed by atoms with Crippen molar-refractivity contribution < 1.29 is 4.39 Å². The average molecular weight is 209 g/mol. The third kappa shape index (κ3) is 1.79. The molecule has 1 unspecified atom stereocenters. The maximum atomic E-state index is 13.1. The molecule has 1 aromatic heterocycles. The molecule has 74 valence electrons. The number of benzene rings is 1. The SMILES string of the molecule is NCC(F)Cc1csc2ccccc12. The minimum absolute atomic E-state index is 0.101. The van der Waals surface area contributed by atoms with E-state index in [-0.39, 0.29) is 6.54 Å². The van der Waals surface area contributed by atoms with Gasteiger partial charge >= 0.3 is 0 Å². The Hall–Kier alpha value is -0.930. The Balaban J connectivity index is 2.33. The van der Waals surface area contributed by atoms with Gasteiger partial charge in [-0.05, 0) is 22.4 Å². The Labute approximate surface area is 86.4 Å². The largest absolute Gasteiger partial charge is 0.328 e. The van der Waals surface area contributed by atoms with E-state index in [9.17, 15) is 4.39 Å². The van der Waals surface area contributed by atoms with Gasteiger partial charge in [-0.2, -0.15) is 0 Å². The lowest BCUT2D eigenvalue weighted by atomic mass is 10.1. The maximum Gasteiger partial charge on any atom is 0.116 e. The van der Waals surface area contributed by atoms with Crippen LogP contribution in [0.1, 0.15) is 5.56 Å². The van der Waals surface area contributed by atoms with Crippen LogP contribution in [-0.2, 0) is 6.42 Å². The number of thiophene rings is 1. The van der Waals surface area contributed by atoms with E-state index in [0.717, 1.165) is 10.9 Å². The van der Waals surface area contributed by atoms with Crippen molar-refractivity contribution in [1.82, 2.24) is 0 Å². The topological polar surface area (TPSA) is 26.0 Å². The minimum atomic E-state index is -0.923. The summed E-state index contributed by atoms with van der Waals surface area (Å²) in [6.07, 6.45) is -0.492. The van der Waals surface area contributed by atoms with Gasteiger partial charge in [0.2, 0.25) is 0 Å². The first-order valence-electron chi connectivity index (χ1n) is 4.60. The Kier molecular flexibility index (Phi) is 2.79. The number of rotatable bonds is 3. The van der Waals surface area contributed by atoms with Crippen molar-refractivity contribution in [2.75, 3.05) is 6.54 Å². The van der Waals surface area contributed by atoms with Crippen molar-refractivity contribution >= 4 is 21.4 Å². The van der Waals surface area contributed by atoms with Gasteiger partial charge in [0, 0.05) is 17.7 Å². The third-order valence-corrected chi connectivity index (χ3v) is 3.27. The average Bonchev–Trinajstić information content (AvgIpc) is 2.62. The fourth-order valence-electron chi connectivity index (χ4n) is 1.51. The van der Waals surface area contributed by atoms with Gasteiger partial charge in [-0.1, -0.05) is 18.2 Å². The summed E-state index contributed by atoms with van der Waals surface area (Å²) in [7, 11) is 0. The minimum Gasteiger partial charge on any atom is -0.328 e. The number of hydrogen-bond donors (Lipinski definition) is 1. The highest BCUT2D eigenvalue weighted by Crippen LogP contribution is 2.26. The normalized spacial score (nSPS) is 13.3. The summed E-state index contributed by atoms with van der Waals surface area (Å²) in [6, 6.07) is 8.07. The van der Waals surface area contributed by atoms with Crippen molar-refractivity contribution in [2.24, 2.45) is 5.73 Å². The van der Waals surface area contributed by atoms with Crippen LogP contribution < -0.4 is 5.73 Å². The molecule has 3 heteroatoms. The van der Waals surface area contributed by atoms with Crippen molar-refractivity contribution in [3.63, 3.8) is 0 Å². The summed E-state index contributed by atoms with van der Waals surface area (Å²) in [6.45, 7) is 0.101. The molecule has 0 aliphatic heterocycles. The van der Waals surface area contributed by atoms with Crippen molar-refractivity contribution in [2.45, 2.75) is 12.6 Å². The first-order chi connectivity index (χ1) is 6.81. The van der Waals surface area contributed by atoms with Crippen LogP contribution in [0.25, 0.3) is 10.1 Å². The molecule has 0 fully saturated rings. The quantitative estimate of drug-likeness (QED) is 0.826. The Morgan fingerprint density at radius 3 is 2.93 bits per heavy atom. The van der Waals surface area contributed by atoms with Crippen LogP contribution in [0.3, 0.4) is 0 Å². The summed E-state index contributed by atoms with van der Waals surface area (Å²) in [4.78, 5) is 0. The molecular weight excluding hydrogens is 197 g/mol. The molecule has 0 spiro atoms. The van der Waals surface area contributed by atoms with Gasteiger partial charge < -0.3 is 5.73 Å². The molecule has 1 heterocycles. The van der Waals surface area contributed by atoms with E-state index >= 15 is 0 Å². The molecule has 1 atom stereocenters. The summed E-state index contributed by atoms with van der Waals surface area (Å²) >= 11 is 1.66. The molecule has 0 amide bonds. The second-order valence-corrected chi connectivity index (χ2v) is 4.21. The second-order valence-electron chi connectivity index (χ2n) is 3.29. The number of halogens is 1. The lowest BCUT2D eigenvalue weighted by molar-refractivity contribution is 0.341. The second kappa shape index (κ2) is 4.07. The zero-order valence-corrected chi connectivity index (χ0v) is 8.56. The van der Waals surface area contributed by atoms with E-state index in [0.29, 0.717) is 6.42 Å². The molecule has 0 bridgehead atoms. The molecule has 0 saturated carbocycles. The predicted octanol–water partition coefficient (Wildman–Crippen LogP) is 2.74. The van der Waals surface area contributed by atoms with Crippen LogP contribution in [0.2, 0.25) is 0 Å². The van der Waals surface area contributed by atoms with Gasteiger partial charge in [0.25, 0.3) is 0 Å². The third-order valence-electron chi connectivity index (χ3n) is 2.26. The van der Waals surface area contributed by atoms with Crippen LogP contribution in [0, 0.1) is 0 Å². The number of alkyl halides is 1. The first-order valence-corrected chi connectivity index (χ1v) is 5.48. The number of nitrogens with two attached hydrogens (primary N) is 1. The van der Waals surface area contributed by atoms with Gasteiger partial charge in [-0.3, -0.25) is 0 Å². The molecule has 14 heavy (non-hydrogen) atoms. The van der Waals surface area contributed by atoms with Crippen LogP contribution in [0.5, 0.6) is 0 Å². The summed E-state index contributed by atoms with van der Waals surface area (Å²) in [5.74, 6) is 0. The first kappa shape index (κ1) is 9.62. The number of hydrogen-bond acceptors (Lipinski definition) is 2. The molecular formula is C11H12FNS. The summed E-state index contributed by atoms with van der Waals surface area (Å²) in [5, 5.41) is 3.18. The highest BCUT2D eigenvalue weighted by atomic mass is 32.1. The van der Waals surface area contributed by atoms with E-state index in [1.165, 1.54) is 4.70 Å². The lowest BCUT2D eigenvalue weighted by Gasteiger charge is -2.03. The van der Waals surface area contributed by atoms with Crippen molar-refractivity contribution in [3.05, 3.63) is 35.2 Å². The van der Waals surface area contributed by atoms with E-state index in [4.69, 9.17) is 5.73 Å². The zero-order chi connectivity index (χ0) is 9.97. The standard InChI is InChI=1S/C11H12FNS/c12-9(6-13)5-8-7-14-11-4-2-1-3-10(8)11/h1-4,7,9H,5-6,13H2. The van der Waals surface area contributed by atoms with E-state index in [1.807, 2.05) is 23.6 Å². The molecule has 1 aromatic carbocycles. The van der Waals surface area contributed by atoms with Gasteiger partial charge in [0.05, 0.1) is 0 Å². The Bertz CT molecular complexity index is 424. The summed E-state index contributed by atoms with van der Waals surface area (Å²) < 4.78 is 14.3. The molecule has 2 rings (SSSR count). The fraction of sp³-hybridized carbons (Fsp3) is 0.273. The monoisotopic (exact) mass is 209 g/mol. The van der Waals surface area contributed by atoms with Gasteiger partial charge in [-0.15, -0.1) is 11.3 Å². The predicted molar refractivity (Wildman–Crippen MR) is 59.5 cm³/mol. The number of fused-ring (bicyclic) bond motifs is 1. The molecule has 0 radical (unpaired) electrons. The lowest BCUT2D eigenvalue weighted by Crippen LogP contribution is -2.17. The fourth-order valence-corrected chi connectivity index (χ4v) is 2.49.